The molecule has 0 radical (unpaired) electrons. The maximum absolute atomic E-state index is 13.7. The van der Waals surface area contributed by atoms with Crippen LogP contribution in [0.3, 0.4) is 0 Å². The first-order valence-electron chi connectivity index (χ1n) is 7.84. The number of carbonyl (C=O) groups excluding carboxylic acids is 1. The number of hydrogen-bond acceptors (Lipinski definition) is 3. The molecule has 2 rings (SSSR count). The van der Waals surface area contributed by atoms with Gasteiger partial charge >= 0.3 is 0 Å². The van der Waals surface area contributed by atoms with Crippen LogP contribution < -0.4 is 4.90 Å². The molecule has 0 saturated carbocycles. The summed E-state index contributed by atoms with van der Waals surface area (Å²) in [5, 5.41) is 9.13. The molecule has 4 nitrogen and oxygen atoms in total. The predicted molar refractivity (Wildman–Crippen MR) is 84.0 cm³/mol. The highest BCUT2D eigenvalue weighted by molar-refractivity contribution is 5.79. The minimum atomic E-state index is -0.490. The fraction of sp³-hybridized carbons (Fsp3) is 0.529. The molecule has 0 aliphatic carbocycles. The second-order valence-corrected chi connectivity index (χ2v) is 5.57. The number of nitrogens with zero attached hydrogens (tertiary/aromatic N) is 3. The fourth-order valence-electron chi connectivity index (χ4n) is 2.95. The van der Waals surface area contributed by atoms with Gasteiger partial charge in [-0.3, -0.25) is 4.79 Å². The lowest BCUT2D eigenvalue weighted by atomic mass is 10.0. The maximum Gasteiger partial charge on any atom is 0.225 e. The van der Waals surface area contributed by atoms with Gasteiger partial charge in [0.2, 0.25) is 5.91 Å². The molecule has 22 heavy (non-hydrogen) atoms. The van der Waals surface area contributed by atoms with Crippen molar-refractivity contribution in [3.05, 3.63) is 29.6 Å². The molecule has 1 saturated heterocycles. The highest BCUT2D eigenvalue weighted by atomic mass is 19.1. The third-order valence-electron chi connectivity index (χ3n) is 4.37. The highest BCUT2D eigenvalue weighted by Crippen LogP contribution is 2.24. The van der Waals surface area contributed by atoms with Crippen molar-refractivity contribution in [2.45, 2.75) is 26.7 Å². The summed E-state index contributed by atoms with van der Waals surface area (Å²) >= 11 is 0. The fourth-order valence-corrected chi connectivity index (χ4v) is 2.95. The summed E-state index contributed by atoms with van der Waals surface area (Å²) in [4.78, 5) is 16.2. The molecule has 0 unspecified atom stereocenters. The number of rotatable bonds is 4. The zero-order valence-corrected chi connectivity index (χ0v) is 13.2. The molecule has 0 atom stereocenters. The molecule has 1 fully saturated rings. The van der Waals surface area contributed by atoms with E-state index in [0.29, 0.717) is 31.9 Å². The van der Waals surface area contributed by atoms with Crippen molar-refractivity contribution in [2.75, 3.05) is 31.1 Å². The quantitative estimate of drug-likeness (QED) is 0.859. The Bertz CT molecular complexity index is 570. The number of carbonyl (C=O) groups is 1. The van der Waals surface area contributed by atoms with Crippen LogP contribution in [0.15, 0.2) is 18.2 Å². The molecular formula is C17H22FN3O. The van der Waals surface area contributed by atoms with Gasteiger partial charge in [-0.1, -0.05) is 19.9 Å². The average Bonchev–Trinajstić information content (AvgIpc) is 2.55. The van der Waals surface area contributed by atoms with E-state index in [4.69, 9.17) is 5.26 Å². The second-order valence-electron chi connectivity index (χ2n) is 5.57. The summed E-state index contributed by atoms with van der Waals surface area (Å²) in [5.41, 5.74) is 0.708. The second kappa shape index (κ2) is 7.26. The van der Waals surface area contributed by atoms with Crippen LogP contribution in [-0.4, -0.2) is 37.0 Å². The minimum Gasteiger partial charge on any atom is -0.367 e. The van der Waals surface area contributed by atoms with E-state index in [1.807, 2.05) is 29.7 Å². The van der Waals surface area contributed by atoms with Crippen molar-refractivity contribution in [2.24, 2.45) is 5.92 Å². The molecule has 118 valence electrons. The van der Waals surface area contributed by atoms with Crippen LogP contribution in [-0.2, 0) is 4.79 Å². The van der Waals surface area contributed by atoms with E-state index >= 15 is 0 Å². The van der Waals surface area contributed by atoms with E-state index in [0.717, 1.165) is 12.8 Å². The monoisotopic (exact) mass is 303 g/mol. The summed E-state index contributed by atoms with van der Waals surface area (Å²) in [5.74, 6) is -0.185. The van der Waals surface area contributed by atoms with Gasteiger partial charge in [-0.05, 0) is 25.0 Å². The summed E-state index contributed by atoms with van der Waals surface area (Å²) in [6, 6.07) is 6.62. The topological polar surface area (TPSA) is 47.3 Å². The Morgan fingerprint density at radius 3 is 2.45 bits per heavy atom. The van der Waals surface area contributed by atoms with E-state index in [1.54, 1.807) is 12.1 Å². The Morgan fingerprint density at radius 2 is 1.91 bits per heavy atom. The molecule has 1 aromatic carbocycles. The molecule has 0 aromatic heterocycles. The third-order valence-corrected chi connectivity index (χ3v) is 4.37. The van der Waals surface area contributed by atoms with Crippen LogP contribution in [0.5, 0.6) is 0 Å². The number of benzene rings is 1. The molecule has 0 spiro atoms. The largest absolute Gasteiger partial charge is 0.367 e. The van der Waals surface area contributed by atoms with E-state index in [2.05, 4.69) is 0 Å². The number of halogens is 1. The Hall–Kier alpha value is -2.09. The van der Waals surface area contributed by atoms with Gasteiger partial charge < -0.3 is 9.80 Å². The first-order chi connectivity index (χ1) is 10.6. The minimum absolute atomic E-state index is 0.0854. The Balaban J connectivity index is 2.06. The summed E-state index contributed by atoms with van der Waals surface area (Å²) in [6.45, 7) is 6.57. The summed E-state index contributed by atoms with van der Waals surface area (Å²) < 4.78 is 13.7. The standard InChI is InChI=1S/C17H22FN3O/c1-3-13(4-2)17(22)21-10-8-20(9-11-21)16-7-5-6-15(18)14(16)12-19/h5-7,13H,3-4,8-11H2,1-2H3. The molecule has 1 aliphatic rings. The lowest BCUT2D eigenvalue weighted by Gasteiger charge is -2.37. The number of nitriles is 1. The van der Waals surface area contributed by atoms with Crippen LogP contribution in [0.2, 0.25) is 0 Å². The Morgan fingerprint density at radius 1 is 1.27 bits per heavy atom. The van der Waals surface area contributed by atoms with Crippen molar-refractivity contribution in [1.82, 2.24) is 4.90 Å². The smallest absolute Gasteiger partial charge is 0.225 e. The summed E-state index contributed by atoms with van der Waals surface area (Å²) in [6.07, 6.45) is 1.72. The zero-order chi connectivity index (χ0) is 16.1. The average molecular weight is 303 g/mol. The van der Waals surface area contributed by atoms with E-state index in [9.17, 15) is 9.18 Å². The normalized spacial score (nSPS) is 15.0. The number of amides is 1. The molecule has 1 aliphatic heterocycles. The molecule has 0 N–H and O–H groups in total. The van der Waals surface area contributed by atoms with Crippen LogP contribution in [0, 0.1) is 23.1 Å². The van der Waals surface area contributed by atoms with Crippen LogP contribution in [0.1, 0.15) is 32.3 Å². The van der Waals surface area contributed by atoms with Gasteiger partial charge in [-0.2, -0.15) is 5.26 Å². The molecule has 1 amide bonds. The van der Waals surface area contributed by atoms with Gasteiger partial charge in [0.05, 0.1) is 5.69 Å². The number of piperazine rings is 1. The molecule has 0 bridgehead atoms. The van der Waals surface area contributed by atoms with E-state index < -0.39 is 5.82 Å². The molecule has 1 heterocycles. The van der Waals surface area contributed by atoms with Gasteiger partial charge in [-0.25, -0.2) is 4.39 Å². The van der Waals surface area contributed by atoms with Gasteiger partial charge in [0.15, 0.2) is 0 Å². The van der Waals surface area contributed by atoms with Crippen molar-refractivity contribution >= 4 is 11.6 Å². The van der Waals surface area contributed by atoms with Crippen molar-refractivity contribution in [3.8, 4) is 6.07 Å². The SMILES string of the molecule is CCC(CC)C(=O)N1CCN(c2cccc(F)c2C#N)CC1. The Kier molecular flexibility index (Phi) is 5.37. The van der Waals surface area contributed by atoms with Crippen LogP contribution >= 0.6 is 0 Å². The first-order valence-corrected chi connectivity index (χ1v) is 7.84. The molecule has 1 aromatic rings. The third kappa shape index (κ3) is 3.22. The van der Waals surface area contributed by atoms with Crippen LogP contribution in [0.25, 0.3) is 0 Å². The van der Waals surface area contributed by atoms with Gasteiger partial charge in [0, 0.05) is 32.1 Å². The molecule has 5 heteroatoms. The lowest BCUT2D eigenvalue weighted by molar-refractivity contribution is -0.136. The van der Waals surface area contributed by atoms with Crippen molar-refractivity contribution in [1.29, 1.82) is 5.26 Å². The van der Waals surface area contributed by atoms with Crippen molar-refractivity contribution in [3.63, 3.8) is 0 Å². The lowest BCUT2D eigenvalue weighted by Crippen LogP contribution is -2.50. The van der Waals surface area contributed by atoms with Gasteiger partial charge in [-0.15, -0.1) is 0 Å². The highest BCUT2D eigenvalue weighted by Gasteiger charge is 2.26. The van der Waals surface area contributed by atoms with Gasteiger partial charge in [0.25, 0.3) is 0 Å². The van der Waals surface area contributed by atoms with Crippen molar-refractivity contribution < 1.29 is 9.18 Å². The van der Waals surface area contributed by atoms with Gasteiger partial charge in [0.1, 0.15) is 17.4 Å². The zero-order valence-electron chi connectivity index (χ0n) is 13.2. The first kappa shape index (κ1) is 16.3. The summed E-state index contributed by atoms with van der Waals surface area (Å²) in [7, 11) is 0. The number of hydrogen-bond donors (Lipinski definition) is 0. The van der Waals surface area contributed by atoms with E-state index in [-0.39, 0.29) is 17.4 Å². The predicted octanol–water partition coefficient (Wildman–Crippen LogP) is 2.78. The van der Waals surface area contributed by atoms with Crippen LogP contribution in [0.4, 0.5) is 10.1 Å². The maximum atomic E-state index is 13.7. The Labute approximate surface area is 131 Å². The van der Waals surface area contributed by atoms with E-state index in [1.165, 1.54) is 6.07 Å². The molecular weight excluding hydrogens is 281 g/mol. The number of anilines is 1.